The number of nitrogens with zero attached hydrogens (tertiary/aromatic N) is 4. The number of piperazine rings is 1. The molecule has 1 amide bonds. The minimum atomic E-state index is 0.0832. The van der Waals surface area contributed by atoms with Crippen LogP contribution in [-0.4, -0.2) is 78.7 Å². The molecule has 25 heavy (non-hydrogen) atoms. The fraction of sp³-hybridized carbons (Fsp3) is 0.684. The van der Waals surface area contributed by atoms with Gasteiger partial charge in [-0.1, -0.05) is 6.92 Å². The molecular formula is C19H30N4O2. The summed E-state index contributed by atoms with van der Waals surface area (Å²) in [6, 6.07) is 4.88. The number of anilines is 1. The smallest absolute Gasteiger partial charge is 0.254 e. The molecule has 0 saturated carbocycles. The number of carbonyl (C=O) groups excluding carboxylic acids is 1. The Bertz CT molecular complexity index is 587. The number of pyridine rings is 1. The molecule has 138 valence electrons. The molecule has 0 spiro atoms. The van der Waals surface area contributed by atoms with Crippen molar-refractivity contribution in [3.05, 3.63) is 23.9 Å². The van der Waals surface area contributed by atoms with Crippen LogP contribution in [0.15, 0.2) is 18.3 Å². The maximum Gasteiger partial charge on any atom is 0.254 e. The standard InChI is InChI=1S/C19H30N4O2/c1-4-17-14-22(7-8-23(17)15(2)3)18-13-16(5-6-20-18)19(24)21-9-11-25-12-10-21/h5-6,13,15,17H,4,7-12,14H2,1-3H3. The molecule has 2 aliphatic heterocycles. The predicted octanol–water partition coefficient (Wildman–Crippen LogP) is 1.86. The van der Waals surface area contributed by atoms with E-state index in [0.29, 0.717) is 38.4 Å². The van der Waals surface area contributed by atoms with Crippen molar-refractivity contribution in [2.24, 2.45) is 0 Å². The van der Waals surface area contributed by atoms with E-state index in [1.165, 1.54) is 0 Å². The van der Waals surface area contributed by atoms with Gasteiger partial charge in [0.1, 0.15) is 5.82 Å². The third-order valence-corrected chi connectivity index (χ3v) is 5.28. The zero-order valence-electron chi connectivity index (χ0n) is 15.6. The third kappa shape index (κ3) is 4.12. The van der Waals surface area contributed by atoms with Crippen LogP contribution in [0.3, 0.4) is 0 Å². The van der Waals surface area contributed by atoms with Crippen molar-refractivity contribution < 1.29 is 9.53 Å². The molecule has 6 heteroatoms. The van der Waals surface area contributed by atoms with Crippen LogP contribution in [0.25, 0.3) is 0 Å². The topological polar surface area (TPSA) is 48.9 Å². The Morgan fingerprint density at radius 2 is 2.04 bits per heavy atom. The largest absolute Gasteiger partial charge is 0.378 e. The summed E-state index contributed by atoms with van der Waals surface area (Å²) in [6.45, 7) is 12.3. The van der Waals surface area contributed by atoms with Gasteiger partial charge in [-0.25, -0.2) is 4.98 Å². The Hall–Kier alpha value is -1.66. The van der Waals surface area contributed by atoms with Crippen molar-refractivity contribution in [1.82, 2.24) is 14.8 Å². The summed E-state index contributed by atoms with van der Waals surface area (Å²) >= 11 is 0. The fourth-order valence-corrected chi connectivity index (χ4v) is 3.79. The Kier molecular flexibility index (Phi) is 5.91. The lowest BCUT2D eigenvalue weighted by atomic mass is 10.1. The van der Waals surface area contributed by atoms with Crippen LogP contribution in [0.5, 0.6) is 0 Å². The molecule has 0 N–H and O–H groups in total. The molecule has 0 aromatic carbocycles. The molecule has 1 unspecified atom stereocenters. The van der Waals surface area contributed by atoms with Gasteiger partial charge in [0, 0.05) is 56.6 Å². The average Bonchev–Trinajstić information content (AvgIpc) is 2.67. The number of hydrogen-bond donors (Lipinski definition) is 0. The first-order valence-corrected chi connectivity index (χ1v) is 9.44. The van der Waals surface area contributed by atoms with Gasteiger partial charge >= 0.3 is 0 Å². The number of morpholine rings is 1. The minimum Gasteiger partial charge on any atom is -0.378 e. The highest BCUT2D eigenvalue weighted by Crippen LogP contribution is 2.22. The van der Waals surface area contributed by atoms with Crippen molar-refractivity contribution in [3.63, 3.8) is 0 Å². The molecule has 2 saturated heterocycles. The molecule has 0 radical (unpaired) electrons. The average molecular weight is 346 g/mol. The van der Waals surface area contributed by atoms with E-state index in [2.05, 4.69) is 35.6 Å². The summed E-state index contributed by atoms with van der Waals surface area (Å²) in [5, 5.41) is 0. The number of carbonyl (C=O) groups is 1. The second-order valence-electron chi connectivity index (χ2n) is 7.15. The third-order valence-electron chi connectivity index (χ3n) is 5.28. The SMILES string of the molecule is CCC1CN(c2cc(C(=O)N3CCOCC3)ccn2)CCN1C(C)C. The zero-order valence-corrected chi connectivity index (χ0v) is 15.6. The number of hydrogen-bond acceptors (Lipinski definition) is 5. The second-order valence-corrected chi connectivity index (χ2v) is 7.15. The van der Waals surface area contributed by atoms with Crippen molar-refractivity contribution in [2.45, 2.75) is 39.3 Å². The van der Waals surface area contributed by atoms with E-state index in [0.717, 1.165) is 37.4 Å². The first-order chi connectivity index (χ1) is 12.1. The van der Waals surface area contributed by atoms with Crippen LogP contribution in [0.2, 0.25) is 0 Å². The molecule has 1 aromatic heterocycles. The van der Waals surface area contributed by atoms with E-state index < -0.39 is 0 Å². The Balaban J connectivity index is 1.72. The number of amides is 1. The summed E-state index contributed by atoms with van der Waals surface area (Å²) in [4.78, 5) is 24.0. The molecule has 3 rings (SSSR count). The maximum absolute atomic E-state index is 12.7. The van der Waals surface area contributed by atoms with Crippen LogP contribution in [-0.2, 0) is 4.74 Å². The van der Waals surface area contributed by atoms with E-state index in [4.69, 9.17) is 4.74 Å². The van der Waals surface area contributed by atoms with E-state index in [1.807, 2.05) is 17.0 Å². The molecule has 0 aliphatic carbocycles. The van der Waals surface area contributed by atoms with Crippen LogP contribution in [0.1, 0.15) is 37.6 Å². The van der Waals surface area contributed by atoms with Gasteiger partial charge in [-0.2, -0.15) is 0 Å². The van der Waals surface area contributed by atoms with Crippen LogP contribution < -0.4 is 4.90 Å². The van der Waals surface area contributed by atoms with Crippen LogP contribution in [0.4, 0.5) is 5.82 Å². The number of ether oxygens (including phenoxy) is 1. The van der Waals surface area contributed by atoms with E-state index in [9.17, 15) is 4.79 Å². The molecule has 3 heterocycles. The lowest BCUT2D eigenvalue weighted by molar-refractivity contribution is 0.0303. The molecule has 1 atom stereocenters. The highest BCUT2D eigenvalue weighted by atomic mass is 16.5. The van der Waals surface area contributed by atoms with Crippen LogP contribution >= 0.6 is 0 Å². The molecule has 6 nitrogen and oxygen atoms in total. The fourth-order valence-electron chi connectivity index (χ4n) is 3.79. The molecule has 0 bridgehead atoms. The normalized spacial score (nSPS) is 22.5. The second kappa shape index (κ2) is 8.15. The van der Waals surface area contributed by atoms with Gasteiger partial charge in [-0.3, -0.25) is 9.69 Å². The van der Waals surface area contributed by atoms with Crippen LogP contribution in [0, 0.1) is 0 Å². The Morgan fingerprint density at radius 1 is 1.28 bits per heavy atom. The maximum atomic E-state index is 12.7. The monoisotopic (exact) mass is 346 g/mol. The summed E-state index contributed by atoms with van der Waals surface area (Å²) in [7, 11) is 0. The van der Waals surface area contributed by atoms with E-state index >= 15 is 0 Å². The van der Waals surface area contributed by atoms with E-state index in [-0.39, 0.29) is 5.91 Å². The highest BCUT2D eigenvalue weighted by molar-refractivity contribution is 5.94. The molecular weight excluding hydrogens is 316 g/mol. The first kappa shape index (κ1) is 18.1. The highest BCUT2D eigenvalue weighted by Gasteiger charge is 2.28. The van der Waals surface area contributed by atoms with Gasteiger partial charge in [-0.05, 0) is 32.4 Å². The minimum absolute atomic E-state index is 0.0832. The first-order valence-electron chi connectivity index (χ1n) is 9.44. The quantitative estimate of drug-likeness (QED) is 0.833. The lowest BCUT2D eigenvalue weighted by Crippen LogP contribution is -2.55. The van der Waals surface area contributed by atoms with Gasteiger partial charge < -0.3 is 14.5 Å². The van der Waals surface area contributed by atoms with Gasteiger partial charge in [-0.15, -0.1) is 0 Å². The molecule has 1 aromatic rings. The van der Waals surface area contributed by atoms with Gasteiger partial charge in [0.2, 0.25) is 0 Å². The van der Waals surface area contributed by atoms with Gasteiger partial charge in [0.05, 0.1) is 13.2 Å². The Morgan fingerprint density at radius 3 is 2.72 bits per heavy atom. The van der Waals surface area contributed by atoms with E-state index in [1.54, 1.807) is 6.20 Å². The summed E-state index contributed by atoms with van der Waals surface area (Å²) in [5.74, 6) is 1.00. The zero-order chi connectivity index (χ0) is 17.8. The summed E-state index contributed by atoms with van der Waals surface area (Å²) < 4.78 is 5.34. The van der Waals surface area contributed by atoms with Crippen molar-refractivity contribution in [1.29, 1.82) is 0 Å². The molecule has 2 aliphatic rings. The summed E-state index contributed by atoms with van der Waals surface area (Å²) in [6.07, 6.45) is 2.89. The summed E-state index contributed by atoms with van der Waals surface area (Å²) in [5.41, 5.74) is 0.728. The lowest BCUT2D eigenvalue weighted by Gasteiger charge is -2.43. The molecule has 2 fully saturated rings. The predicted molar refractivity (Wildman–Crippen MR) is 99.1 cm³/mol. The van der Waals surface area contributed by atoms with Crippen molar-refractivity contribution >= 4 is 11.7 Å². The van der Waals surface area contributed by atoms with Crippen molar-refractivity contribution in [2.75, 3.05) is 50.8 Å². The number of rotatable bonds is 4. The number of aromatic nitrogens is 1. The van der Waals surface area contributed by atoms with Gasteiger partial charge in [0.25, 0.3) is 5.91 Å². The van der Waals surface area contributed by atoms with Crippen molar-refractivity contribution in [3.8, 4) is 0 Å². The van der Waals surface area contributed by atoms with Gasteiger partial charge in [0.15, 0.2) is 0 Å². The Labute approximate surface area is 150 Å².